The summed E-state index contributed by atoms with van der Waals surface area (Å²) in [6.07, 6.45) is 4.31. The number of anilines is 1. The van der Waals surface area contributed by atoms with E-state index in [2.05, 4.69) is 21.5 Å². The highest BCUT2D eigenvalue weighted by Crippen LogP contribution is 2.34. The van der Waals surface area contributed by atoms with Gasteiger partial charge in [0.25, 0.3) is 0 Å². The van der Waals surface area contributed by atoms with Gasteiger partial charge in [0, 0.05) is 43.0 Å². The Morgan fingerprint density at radius 1 is 1.06 bits per heavy atom. The summed E-state index contributed by atoms with van der Waals surface area (Å²) in [4.78, 5) is 28.7. The number of aromatic nitrogens is 3. The molecule has 1 fully saturated rings. The molecule has 0 spiro atoms. The number of hydrogen-bond donors (Lipinski definition) is 0. The SMILES string of the molecule is C=CC(=O)N1CCN(c2ncnc3c(F)c(-c4cccc5cc(Cl)ccc45)ncc23)CC1. The Balaban J connectivity index is 1.56. The number of pyridine rings is 1. The van der Waals surface area contributed by atoms with Gasteiger partial charge in [0.1, 0.15) is 23.4 Å². The Labute approximate surface area is 189 Å². The van der Waals surface area contributed by atoms with Crippen molar-refractivity contribution in [2.75, 3.05) is 31.1 Å². The molecule has 5 rings (SSSR count). The number of carbonyl (C=O) groups is 1. The van der Waals surface area contributed by atoms with Gasteiger partial charge in [0.15, 0.2) is 5.82 Å². The highest BCUT2D eigenvalue weighted by atomic mass is 35.5. The van der Waals surface area contributed by atoms with Gasteiger partial charge < -0.3 is 9.80 Å². The van der Waals surface area contributed by atoms with Gasteiger partial charge in [-0.05, 0) is 29.0 Å². The minimum atomic E-state index is -0.492. The van der Waals surface area contributed by atoms with Gasteiger partial charge in [-0.25, -0.2) is 14.4 Å². The third-order valence-electron chi connectivity index (χ3n) is 5.76. The number of amides is 1. The van der Waals surface area contributed by atoms with Crippen LogP contribution >= 0.6 is 11.6 Å². The second-order valence-electron chi connectivity index (χ2n) is 7.57. The van der Waals surface area contributed by atoms with E-state index in [1.807, 2.05) is 35.2 Å². The molecule has 1 amide bonds. The lowest BCUT2D eigenvalue weighted by Gasteiger charge is -2.35. The van der Waals surface area contributed by atoms with Gasteiger partial charge in [0.2, 0.25) is 5.91 Å². The molecular formula is C24H19ClFN5O. The third kappa shape index (κ3) is 3.44. The van der Waals surface area contributed by atoms with Crippen molar-refractivity contribution in [3.63, 3.8) is 0 Å². The van der Waals surface area contributed by atoms with Crippen molar-refractivity contribution in [2.24, 2.45) is 0 Å². The third-order valence-corrected chi connectivity index (χ3v) is 6.00. The van der Waals surface area contributed by atoms with E-state index >= 15 is 4.39 Å². The van der Waals surface area contributed by atoms with Crippen LogP contribution in [0.2, 0.25) is 5.02 Å². The smallest absolute Gasteiger partial charge is 0.246 e. The van der Waals surface area contributed by atoms with E-state index in [0.717, 1.165) is 10.8 Å². The van der Waals surface area contributed by atoms with Crippen LogP contribution in [0.1, 0.15) is 0 Å². The summed E-state index contributed by atoms with van der Waals surface area (Å²) in [5.74, 6) is 0.0309. The summed E-state index contributed by atoms with van der Waals surface area (Å²) in [5, 5.41) is 2.93. The zero-order valence-corrected chi connectivity index (χ0v) is 17.9. The van der Waals surface area contributed by atoms with Crippen LogP contribution in [0.15, 0.2) is 61.6 Å². The zero-order valence-electron chi connectivity index (χ0n) is 17.1. The van der Waals surface area contributed by atoms with Gasteiger partial charge in [-0.15, -0.1) is 0 Å². The fourth-order valence-corrected chi connectivity index (χ4v) is 4.33. The molecule has 8 heteroatoms. The van der Waals surface area contributed by atoms with E-state index in [-0.39, 0.29) is 17.1 Å². The van der Waals surface area contributed by atoms with Crippen molar-refractivity contribution in [3.05, 3.63) is 72.4 Å². The summed E-state index contributed by atoms with van der Waals surface area (Å²) < 4.78 is 15.7. The molecule has 32 heavy (non-hydrogen) atoms. The fraction of sp³-hybridized carbons (Fsp3) is 0.167. The maximum Gasteiger partial charge on any atom is 0.246 e. The molecule has 3 heterocycles. The van der Waals surface area contributed by atoms with Crippen LogP contribution in [0.25, 0.3) is 32.9 Å². The number of carbonyl (C=O) groups excluding carboxylic acids is 1. The van der Waals surface area contributed by atoms with Gasteiger partial charge in [-0.1, -0.05) is 42.4 Å². The topological polar surface area (TPSA) is 62.2 Å². The Morgan fingerprint density at radius 2 is 1.88 bits per heavy atom. The average molecular weight is 448 g/mol. The van der Waals surface area contributed by atoms with Crippen molar-refractivity contribution >= 4 is 45.0 Å². The highest BCUT2D eigenvalue weighted by molar-refractivity contribution is 6.31. The number of nitrogens with zero attached hydrogens (tertiary/aromatic N) is 5. The standard InChI is InChI=1S/C24H19ClFN5O/c1-2-20(32)30-8-10-31(11-9-30)24-19-13-27-22(21(26)23(19)28-14-29-24)18-5-3-4-15-12-16(25)6-7-17(15)18/h2-7,12-14H,1,8-11H2. The quantitative estimate of drug-likeness (QED) is 0.433. The Morgan fingerprint density at radius 3 is 2.66 bits per heavy atom. The van der Waals surface area contributed by atoms with E-state index < -0.39 is 5.82 Å². The summed E-state index contributed by atoms with van der Waals surface area (Å²) >= 11 is 6.11. The Kier molecular flexibility index (Phi) is 5.19. The van der Waals surface area contributed by atoms with Crippen LogP contribution in [0.5, 0.6) is 0 Å². The first-order valence-corrected chi connectivity index (χ1v) is 10.6. The molecule has 1 saturated heterocycles. The fourth-order valence-electron chi connectivity index (χ4n) is 4.15. The second-order valence-corrected chi connectivity index (χ2v) is 8.00. The molecule has 2 aromatic heterocycles. The van der Waals surface area contributed by atoms with Crippen molar-refractivity contribution in [1.29, 1.82) is 0 Å². The van der Waals surface area contributed by atoms with Gasteiger partial charge in [-0.3, -0.25) is 9.78 Å². The van der Waals surface area contributed by atoms with Gasteiger partial charge in [-0.2, -0.15) is 0 Å². The van der Waals surface area contributed by atoms with Crippen molar-refractivity contribution in [2.45, 2.75) is 0 Å². The van der Waals surface area contributed by atoms with E-state index in [1.54, 1.807) is 17.2 Å². The maximum atomic E-state index is 15.7. The molecule has 1 aliphatic heterocycles. The Bertz CT molecular complexity index is 1370. The minimum absolute atomic E-state index is 0.0917. The molecule has 0 N–H and O–H groups in total. The van der Waals surface area contributed by atoms with Crippen molar-refractivity contribution < 1.29 is 9.18 Å². The monoisotopic (exact) mass is 447 g/mol. The predicted molar refractivity (Wildman–Crippen MR) is 124 cm³/mol. The summed E-state index contributed by atoms with van der Waals surface area (Å²) in [5.41, 5.74) is 1.13. The number of piperazine rings is 1. The van der Waals surface area contributed by atoms with Crippen LogP contribution in [0, 0.1) is 5.82 Å². The van der Waals surface area contributed by atoms with Crippen LogP contribution in [-0.4, -0.2) is 51.9 Å². The maximum absolute atomic E-state index is 15.7. The van der Waals surface area contributed by atoms with E-state index in [0.29, 0.717) is 48.0 Å². The van der Waals surface area contributed by atoms with Crippen LogP contribution in [0.4, 0.5) is 10.2 Å². The van der Waals surface area contributed by atoms with Gasteiger partial charge >= 0.3 is 0 Å². The van der Waals surface area contributed by atoms with E-state index in [1.165, 1.54) is 12.4 Å². The molecule has 0 saturated carbocycles. The predicted octanol–water partition coefficient (Wildman–Crippen LogP) is 4.47. The van der Waals surface area contributed by atoms with E-state index in [9.17, 15) is 4.79 Å². The molecule has 0 radical (unpaired) electrons. The second kappa shape index (κ2) is 8.16. The molecule has 0 bridgehead atoms. The zero-order chi connectivity index (χ0) is 22.2. The summed E-state index contributed by atoms with van der Waals surface area (Å²) in [6.45, 7) is 5.79. The molecule has 0 atom stereocenters. The molecule has 0 aliphatic carbocycles. The lowest BCUT2D eigenvalue weighted by atomic mass is 10.0. The molecule has 0 unspecified atom stereocenters. The normalized spacial score (nSPS) is 14.2. The highest BCUT2D eigenvalue weighted by Gasteiger charge is 2.24. The van der Waals surface area contributed by atoms with Crippen LogP contribution in [0.3, 0.4) is 0 Å². The largest absolute Gasteiger partial charge is 0.352 e. The molecule has 1 aliphatic rings. The van der Waals surface area contributed by atoms with Crippen molar-refractivity contribution in [3.8, 4) is 11.3 Å². The summed E-state index contributed by atoms with van der Waals surface area (Å²) in [7, 11) is 0. The molecule has 6 nitrogen and oxygen atoms in total. The van der Waals surface area contributed by atoms with E-state index in [4.69, 9.17) is 11.6 Å². The number of rotatable bonds is 3. The first-order valence-electron chi connectivity index (χ1n) is 10.2. The molecule has 2 aromatic carbocycles. The molecule has 4 aromatic rings. The first-order chi connectivity index (χ1) is 15.6. The first kappa shape index (κ1) is 20.3. The molecular weight excluding hydrogens is 429 g/mol. The number of hydrogen-bond acceptors (Lipinski definition) is 5. The minimum Gasteiger partial charge on any atom is -0.352 e. The number of benzene rings is 2. The lowest BCUT2D eigenvalue weighted by molar-refractivity contribution is -0.126. The summed E-state index contributed by atoms with van der Waals surface area (Å²) in [6, 6.07) is 11.1. The van der Waals surface area contributed by atoms with Crippen LogP contribution < -0.4 is 4.90 Å². The number of fused-ring (bicyclic) bond motifs is 2. The van der Waals surface area contributed by atoms with Crippen LogP contribution in [-0.2, 0) is 4.79 Å². The Hall–Kier alpha value is -3.58. The molecule has 160 valence electrons. The number of halogens is 2. The van der Waals surface area contributed by atoms with Gasteiger partial charge in [0.05, 0.1) is 5.39 Å². The average Bonchev–Trinajstić information content (AvgIpc) is 2.83. The van der Waals surface area contributed by atoms with Crippen molar-refractivity contribution in [1.82, 2.24) is 19.9 Å². The lowest BCUT2D eigenvalue weighted by Crippen LogP contribution is -2.48.